The van der Waals surface area contributed by atoms with Gasteiger partial charge in [-0.1, -0.05) is 6.92 Å². The van der Waals surface area contributed by atoms with Gasteiger partial charge < -0.3 is 10.2 Å². The minimum absolute atomic E-state index is 0.0635. The number of nitrogens with one attached hydrogen (secondary N) is 1. The van der Waals surface area contributed by atoms with E-state index in [2.05, 4.69) is 22.2 Å². The highest BCUT2D eigenvalue weighted by Crippen LogP contribution is 2.08. The second kappa shape index (κ2) is 6.18. The highest BCUT2D eigenvalue weighted by Gasteiger charge is 2.19. The molecule has 5 nitrogen and oxygen atoms in total. The standard InChI is InChI=1S/C12H20N4O/c1-5-6-16(9(2)3)12(17)10-7-14-8-11(13-4)15-10/h7-9H,5-6H2,1-4H3,(H,13,15). The lowest BCUT2D eigenvalue weighted by atomic mass is 10.2. The molecule has 0 saturated heterocycles. The van der Waals surface area contributed by atoms with Gasteiger partial charge in [-0.2, -0.15) is 0 Å². The van der Waals surface area contributed by atoms with Gasteiger partial charge in [-0.05, 0) is 20.3 Å². The molecule has 0 spiro atoms. The van der Waals surface area contributed by atoms with Crippen LogP contribution in [-0.4, -0.2) is 40.4 Å². The predicted octanol–water partition coefficient (Wildman–Crippen LogP) is 1.78. The van der Waals surface area contributed by atoms with Crippen molar-refractivity contribution in [3.63, 3.8) is 0 Å². The Morgan fingerprint density at radius 1 is 1.47 bits per heavy atom. The van der Waals surface area contributed by atoms with Crippen LogP contribution in [0.3, 0.4) is 0 Å². The van der Waals surface area contributed by atoms with Crippen molar-refractivity contribution in [1.82, 2.24) is 14.9 Å². The molecule has 0 fully saturated rings. The zero-order chi connectivity index (χ0) is 12.8. The zero-order valence-corrected chi connectivity index (χ0v) is 10.9. The van der Waals surface area contributed by atoms with Crippen molar-refractivity contribution in [3.05, 3.63) is 18.1 Å². The third-order valence-electron chi connectivity index (χ3n) is 2.46. The SMILES string of the molecule is CCCN(C(=O)c1cncc(NC)n1)C(C)C. The third-order valence-corrected chi connectivity index (χ3v) is 2.46. The minimum Gasteiger partial charge on any atom is -0.372 e. The molecule has 1 amide bonds. The molecule has 0 saturated carbocycles. The van der Waals surface area contributed by atoms with Gasteiger partial charge in [0, 0.05) is 19.6 Å². The fourth-order valence-corrected chi connectivity index (χ4v) is 1.57. The van der Waals surface area contributed by atoms with Crippen molar-refractivity contribution in [1.29, 1.82) is 0 Å². The number of aromatic nitrogens is 2. The largest absolute Gasteiger partial charge is 0.372 e. The maximum Gasteiger partial charge on any atom is 0.274 e. The van der Waals surface area contributed by atoms with Crippen LogP contribution in [0.15, 0.2) is 12.4 Å². The van der Waals surface area contributed by atoms with Gasteiger partial charge in [0.25, 0.3) is 5.91 Å². The van der Waals surface area contributed by atoms with E-state index in [1.54, 1.807) is 13.2 Å². The maximum absolute atomic E-state index is 12.2. The normalized spacial score (nSPS) is 10.4. The van der Waals surface area contributed by atoms with Gasteiger partial charge in [-0.3, -0.25) is 9.78 Å². The van der Waals surface area contributed by atoms with Gasteiger partial charge in [0.15, 0.2) is 0 Å². The molecule has 0 bridgehead atoms. The first kappa shape index (κ1) is 13.4. The zero-order valence-electron chi connectivity index (χ0n) is 10.9. The van der Waals surface area contributed by atoms with E-state index in [0.29, 0.717) is 11.5 Å². The lowest BCUT2D eigenvalue weighted by Crippen LogP contribution is -2.38. The van der Waals surface area contributed by atoms with Crippen molar-refractivity contribution in [2.24, 2.45) is 0 Å². The minimum atomic E-state index is -0.0635. The molecule has 0 atom stereocenters. The van der Waals surface area contributed by atoms with Gasteiger partial charge in [0.2, 0.25) is 0 Å². The van der Waals surface area contributed by atoms with Crippen LogP contribution in [-0.2, 0) is 0 Å². The van der Waals surface area contributed by atoms with E-state index in [9.17, 15) is 4.79 Å². The fraction of sp³-hybridized carbons (Fsp3) is 0.583. The molecule has 1 rings (SSSR count). The molecule has 0 unspecified atom stereocenters. The van der Waals surface area contributed by atoms with E-state index in [1.807, 2.05) is 18.7 Å². The molecule has 17 heavy (non-hydrogen) atoms. The summed E-state index contributed by atoms with van der Waals surface area (Å²) in [6.07, 6.45) is 4.04. The van der Waals surface area contributed by atoms with E-state index in [4.69, 9.17) is 0 Å². The van der Waals surface area contributed by atoms with Gasteiger partial charge in [0.1, 0.15) is 11.5 Å². The maximum atomic E-state index is 12.2. The summed E-state index contributed by atoms with van der Waals surface area (Å²) in [5.41, 5.74) is 0.388. The molecule has 0 aromatic carbocycles. The van der Waals surface area contributed by atoms with Crippen molar-refractivity contribution < 1.29 is 4.79 Å². The van der Waals surface area contributed by atoms with Crippen LogP contribution in [0.25, 0.3) is 0 Å². The predicted molar refractivity (Wildman–Crippen MR) is 68.0 cm³/mol. The molecular formula is C12H20N4O. The lowest BCUT2D eigenvalue weighted by Gasteiger charge is -2.25. The van der Waals surface area contributed by atoms with Crippen LogP contribution >= 0.6 is 0 Å². The molecule has 1 N–H and O–H groups in total. The Morgan fingerprint density at radius 2 is 2.18 bits per heavy atom. The van der Waals surface area contributed by atoms with Crippen molar-refractivity contribution >= 4 is 11.7 Å². The average molecular weight is 236 g/mol. The summed E-state index contributed by atoms with van der Waals surface area (Å²) < 4.78 is 0. The second-order valence-corrected chi connectivity index (χ2v) is 4.13. The van der Waals surface area contributed by atoms with E-state index >= 15 is 0 Å². The smallest absolute Gasteiger partial charge is 0.274 e. The van der Waals surface area contributed by atoms with Crippen LogP contribution in [0, 0.1) is 0 Å². The Labute approximate surface area is 102 Å². The summed E-state index contributed by atoms with van der Waals surface area (Å²) in [4.78, 5) is 22.3. The van der Waals surface area contributed by atoms with Gasteiger partial charge >= 0.3 is 0 Å². The molecule has 1 aromatic rings. The molecule has 1 heterocycles. The molecule has 0 radical (unpaired) electrons. The van der Waals surface area contributed by atoms with Crippen molar-refractivity contribution in [2.75, 3.05) is 18.9 Å². The second-order valence-electron chi connectivity index (χ2n) is 4.13. The summed E-state index contributed by atoms with van der Waals surface area (Å²) in [5, 5.41) is 2.88. The summed E-state index contributed by atoms with van der Waals surface area (Å²) in [6, 6.07) is 0.169. The van der Waals surface area contributed by atoms with E-state index in [0.717, 1.165) is 13.0 Å². The highest BCUT2D eigenvalue weighted by atomic mass is 16.2. The third kappa shape index (κ3) is 3.41. The van der Waals surface area contributed by atoms with E-state index in [1.165, 1.54) is 6.20 Å². The number of nitrogens with zero attached hydrogens (tertiary/aromatic N) is 3. The van der Waals surface area contributed by atoms with E-state index < -0.39 is 0 Å². The first-order valence-electron chi connectivity index (χ1n) is 5.90. The Balaban J connectivity index is 2.92. The Morgan fingerprint density at radius 3 is 2.71 bits per heavy atom. The fourth-order valence-electron chi connectivity index (χ4n) is 1.57. The summed E-state index contributed by atoms with van der Waals surface area (Å²) >= 11 is 0. The number of hydrogen-bond donors (Lipinski definition) is 1. The molecule has 0 aliphatic rings. The molecular weight excluding hydrogens is 216 g/mol. The van der Waals surface area contributed by atoms with Crippen molar-refractivity contribution in [3.8, 4) is 0 Å². The average Bonchev–Trinajstić information content (AvgIpc) is 2.34. The number of amides is 1. The Kier molecular flexibility index (Phi) is 4.87. The van der Waals surface area contributed by atoms with Crippen molar-refractivity contribution in [2.45, 2.75) is 33.2 Å². The molecule has 0 aliphatic heterocycles. The highest BCUT2D eigenvalue weighted by molar-refractivity contribution is 5.92. The first-order chi connectivity index (χ1) is 8.10. The van der Waals surface area contributed by atoms with E-state index in [-0.39, 0.29) is 11.9 Å². The number of anilines is 1. The van der Waals surface area contributed by atoms with Crippen LogP contribution in [0.2, 0.25) is 0 Å². The summed E-state index contributed by atoms with van der Waals surface area (Å²) in [5.74, 6) is 0.544. The number of rotatable bonds is 5. The summed E-state index contributed by atoms with van der Waals surface area (Å²) in [7, 11) is 1.75. The molecule has 1 aromatic heterocycles. The quantitative estimate of drug-likeness (QED) is 0.846. The van der Waals surface area contributed by atoms with Crippen LogP contribution in [0.1, 0.15) is 37.7 Å². The molecule has 0 aliphatic carbocycles. The topological polar surface area (TPSA) is 58.1 Å². The number of carbonyl (C=O) groups is 1. The first-order valence-corrected chi connectivity index (χ1v) is 5.90. The monoisotopic (exact) mass is 236 g/mol. The van der Waals surface area contributed by atoms with Crippen LogP contribution < -0.4 is 5.32 Å². The molecule has 94 valence electrons. The molecule has 5 heteroatoms. The Bertz CT molecular complexity index is 379. The van der Waals surface area contributed by atoms with Gasteiger partial charge in [-0.25, -0.2) is 4.98 Å². The summed E-state index contributed by atoms with van der Waals surface area (Å²) in [6.45, 7) is 6.80. The lowest BCUT2D eigenvalue weighted by molar-refractivity contribution is 0.0699. The van der Waals surface area contributed by atoms with Gasteiger partial charge in [-0.15, -0.1) is 0 Å². The number of hydrogen-bond acceptors (Lipinski definition) is 4. The van der Waals surface area contributed by atoms with Gasteiger partial charge in [0.05, 0.1) is 12.4 Å². The van der Waals surface area contributed by atoms with Crippen LogP contribution in [0.5, 0.6) is 0 Å². The Hall–Kier alpha value is -1.65. The van der Waals surface area contributed by atoms with Crippen LogP contribution in [0.4, 0.5) is 5.82 Å². The number of carbonyl (C=O) groups excluding carboxylic acids is 1.